The number of ether oxygens (including phenoxy) is 3. The molecule has 1 amide bonds. The molecule has 1 atom stereocenters. The molecule has 12 heteroatoms. The molecule has 0 unspecified atom stereocenters. The van der Waals surface area contributed by atoms with E-state index >= 15 is 0 Å². The van der Waals surface area contributed by atoms with Gasteiger partial charge < -0.3 is 25.0 Å². The molecule has 4 rings (SSSR count). The van der Waals surface area contributed by atoms with Crippen molar-refractivity contribution in [2.75, 3.05) is 13.2 Å². The fourth-order valence-electron chi connectivity index (χ4n) is 3.65. The summed E-state index contributed by atoms with van der Waals surface area (Å²) in [4.78, 5) is 27.9. The molecule has 2 aromatic carbocycles. The smallest absolute Gasteiger partial charge is 0.387 e. The fourth-order valence-corrected chi connectivity index (χ4v) is 4.18. The van der Waals surface area contributed by atoms with Gasteiger partial charge in [-0.2, -0.15) is 8.78 Å². The van der Waals surface area contributed by atoms with Gasteiger partial charge in [0.05, 0.1) is 6.61 Å². The summed E-state index contributed by atoms with van der Waals surface area (Å²) in [5, 5.41) is 3.16. The topological polar surface area (TPSA) is 118 Å². The lowest BCUT2D eigenvalue weighted by Crippen LogP contribution is -2.31. The van der Waals surface area contributed by atoms with Crippen molar-refractivity contribution >= 4 is 35.1 Å². The predicted octanol–water partition coefficient (Wildman–Crippen LogP) is 5.28. The Morgan fingerprint density at radius 3 is 2.36 bits per heavy atom. The van der Waals surface area contributed by atoms with Crippen LogP contribution in [0.2, 0.25) is 10.0 Å². The summed E-state index contributed by atoms with van der Waals surface area (Å²) in [5.74, 6) is -0.824. The second-order valence-electron chi connectivity index (χ2n) is 8.70. The van der Waals surface area contributed by atoms with Crippen molar-refractivity contribution < 1.29 is 43.0 Å². The van der Waals surface area contributed by atoms with Crippen LogP contribution < -0.4 is 19.8 Å². The van der Waals surface area contributed by atoms with Crippen LogP contribution in [0.25, 0.3) is 0 Å². The zero-order valence-electron chi connectivity index (χ0n) is 20.5. The van der Waals surface area contributed by atoms with Gasteiger partial charge in [-0.15, -0.1) is 0 Å². The van der Waals surface area contributed by atoms with Crippen LogP contribution in [0.15, 0.2) is 60.9 Å². The Morgan fingerprint density at radius 2 is 1.72 bits per heavy atom. The molecule has 0 saturated heterocycles. The first-order valence-electron chi connectivity index (χ1n) is 11.9. The molecular weight excluding hydrogens is 557 g/mol. The van der Waals surface area contributed by atoms with Crippen molar-refractivity contribution in [3.05, 3.63) is 87.7 Å². The zero-order valence-corrected chi connectivity index (χ0v) is 22.1. The largest absolute Gasteiger partial charge is 0.870 e. The molecule has 1 aliphatic rings. The highest BCUT2D eigenvalue weighted by molar-refractivity contribution is 6.35. The van der Waals surface area contributed by atoms with Crippen molar-refractivity contribution in [1.29, 1.82) is 0 Å². The number of hydrogen-bond acceptors (Lipinski definition) is 6. The van der Waals surface area contributed by atoms with Crippen molar-refractivity contribution in [2.45, 2.75) is 32.0 Å². The lowest BCUT2D eigenvalue weighted by Gasteiger charge is -2.21. The van der Waals surface area contributed by atoms with Crippen LogP contribution in [0.4, 0.5) is 8.78 Å². The van der Waals surface area contributed by atoms with Crippen LogP contribution in [0.3, 0.4) is 0 Å². The lowest BCUT2D eigenvalue weighted by atomic mass is 10.0. The highest BCUT2D eigenvalue weighted by Gasteiger charge is 2.26. The summed E-state index contributed by atoms with van der Waals surface area (Å²) in [6.45, 7) is -3.08. The highest BCUT2D eigenvalue weighted by Crippen LogP contribution is 2.37. The number of esters is 1. The second-order valence-corrected chi connectivity index (χ2v) is 9.51. The normalized spacial score (nSPS) is 13.3. The van der Waals surface area contributed by atoms with Gasteiger partial charge in [-0.25, -0.2) is 4.98 Å². The zero-order chi connectivity index (χ0) is 27.1. The number of rotatable bonds is 12. The van der Waals surface area contributed by atoms with Gasteiger partial charge in [-0.1, -0.05) is 47.5 Å². The van der Waals surface area contributed by atoms with Crippen LogP contribution in [0.1, 0.15) is 40.4 Å². The lowest BCUT2D eigenvalue weighted by molar-refractivity contribution is -0.377. The third kappa shape index (κ3) is 8.77. The molecule has 1 saturated carbocycles. The molecule has 1 heterocycles. The monoisotopic (exact) mass is 582 g/mol. The maximum atomic E-state index is 13.0. The maximum absolute atomic E-state index is 13.0. The molecule has 8 nitrogen and oxygen atoms in total. The number of hydrogen-bond donors (Lipinski definition) is 1. The van der Waals surface area contributed by atoms with Crippen molar-refractivity contribution in [1.82, 2.24) is 5.32 Å². The van der Waals surface area contributed by atoms with E-state index in [1.807, 2.05) is 0 Å². The third-order valence-electron chi connectivity index (χ3n) is 5.82. The third-order valence-corrected chi connectivity index (χ3v) is 6.49. The summed E-state index contributed by atoms with van der Waals surface area (Å²) < 4.78 is 42.1. The van der Waals surface area contributed by atoms with E-state index in [1.54, 1.807) is 30.3 Å². The summed E-state index contributed by atoms with van der Waals surface area (Å²) in [5.41, 5.74) is 1.34. The molecule has 3 N–H and O–H groups in total. The van der Waals surface area contributed by atoms with Crippen LogP contribution in [-0.2, 0) is 16.0 Å². The van der Waals surface area contributed by atoms with E-state index in [2.05, 4.69) is 15.0 Å². The first kappa shape index (κ1) is 30.1. The van der Waals surface area contributed by atoms with E-state index in [1.165, 1.54) is 30.6 Å². The van der Waals surface area contributed by atoms with Gasteiger partial charge in [0.25, 0.3) is 5.91 Å². The van der Waals surface area contributed by atoms with Crippen molar-refractivity contribution in [3.63, 3.8) is 0 Å². The Kier molecular flexibility index (Phi) is 10.8. The average Bonchev–Trinajstić information content (AvgIpc) is 3.73. The van der Waals surface area contributed by atoms with E-state index in [4.69, 9.17) is 32.7 Å². The number of carbonyl (C=O) groups excluding carboxylic acids is 2. The molecule has 1 aromatic heterocycles. The van der Waals surface area contributed by atoms with E-state index in [-0.39, 0.29) is 23.4 Å². The molecule has 1 fully saturated rings. The quantitative estimate of drug-likeness (QED) is 0.290. The van der Waals surface area contributed by atoms with Crippen LogP contribution in [0.5, 0.6) is 11.5 Å². The molecule has 0 bridgehead atoms. The summed E-state index contributed by atoms with van der Waals surface area (Å²) in [7, 11) is 0. The highest BCUT2D eigenvalue weighted by atomic mass is 35.5. The van der Waals surface area contributed by atoms with Gasteiger partial charge in [0.1, 0.15) is 22.7 Å². The molecule has 1 aliphatic carbocycles. The Morgan fingerprint density at radius 1 is 1.03 bits per heavy atom. The number of benzene rings is 2. The Balaban J connectivity index is 0.00000420. The molecular formula is C27H26Cl2F2N2O6. The molecule has 3 aromatic rings. The number of nitrogens with one attached hydrogen (secondary N) is 2. The standard InChI is InChI=1S/C27H24Cl2F2N2O5.H2O/c28-20-12-32-13-21(29)19(20)11-23(37-25(34)14-33-26(35)17-4-2-1-3-5-17)18-8-9-22(38-27(30)31)24(10-18)36-15-16-6-7-16;/h1-5,8-10,12-13,16,23,27H,6-7,11,14-15H2,(H,33,35);1H2/t23-;/m0./s1. The molecule has 208 valence electrons. The Bertz CT molecular complexity index is 1260. The van der Waals surface area contributed by atoms with Gasteiger partial charge in [0.2, 0.25) is 0 Å². The van der Waals surface area contributed by atoms with Gasteiger partial charge in [-0.05, 0) is 48.6 Å². The minimum absolute atomic E-state index is 0. The van der Waals surface area contributed by atoms with E-state index in [0.29, 0.717) is 39.3 Å². The first-order valence-corrected chi connectivity index (χ1v) is 12.6. The van der Waals surface area contributed by atoms with E-state index < -0.39 is 31.1 Å². The van der Waals surface area contributed by atoms with E-state index in [0.717, 1.165) is 12.8 Å². The number of alkyl halides is 2. The van der Waals surface area contributed by atoms with E-state index in [9.17, 15) is 18.4 Å². The first-order chi connectivity index (χ1) is 18.3. The second kappa shape index (κ2) is 14.1. The minimum Gasteiger partial charge on any atom is -0.870 e. The van der Waals surface area contributed by atoms with Gasteiger partial charge in [0.15, 0.2) is 23.9 Å². The summed E-state index contributed by atoms with van der Waals surface area (Å²) in [6, 6.07) is 12.8. The molecule has 0 radical (unpaired) electrons. The van der Waals surface area contributed by atoms with Gasteiger partial charge >= 0.3 is 12.6 Å². The molecule has 0 aliphatic heterocycles. The number of aromatic nitrogens is 1. The Labute approximate surface area is 233 Å². The van der Waals surface area contributed by atoms with Crippen molar-refractivity contribution in [3.8, 4) is 11.5 Å². The van der Waals surface area contributed by atoms with Crippen LogP contribution in [-0.4, -0.2) is 37.1 Å². The predicted molar refractivity (Wildman–Crippen MR) is 138 cm³/mol. The number of amides is 1. The van der Waals surface area contributed by atoms with Gasteiger partial charge in [-0.3, -0.25) is 9.59 Å². The number of carbonyl (C=O) groups is 2. The average molecular weight is 583 g/mol. The fraction of sp³-hybridized carbons (Fsp3) is 0.296. The molecule has 39 heavy (non-hydrogen) atoms. The minimum atomic E-state index is -3.04. The Hall–Kier alpha value is -3.47. The number of H-pyrrole nitrogens is 1. The van der Waals surface area contributed by atoms with Crippen LogP contribution >= 0.6 is 23.2 Å². The summed E-state index contributed by atoms with van der Waals surface area (Å²) >= 11 is 12.7. The van der Waals surface area contributed by atoms with Gasteiger partial charge in [0, 0.05) is 17.5 Å². The SMILES string of the molecule is O=C(CNC(=O)c1ccccc1)O[C@@H](Cc1c(Cl)c[nH+]cc1Cl)c1ccc(OC(F)F)c(OCC2CC2)c1.[OH-]. The van der Waals surface area contributed by atoms with Crippen molar-refractivity contribution in [2.24, 2.45) is 5.92 Å². The number of aromatic amines is 1. The molecule has 0 spiro atoms. The van der Waals surface area contributed by atoms with Crippen LogP contribution in [0, 0.1) is 5.92 Å². The summed E-state index contributed by atoms with van der Waals surface area (Å²) in [6.07, 6.45) is 4.21. The maximum Gasteiger partial charge on any atom is 0.387 e. The number of pyridine rings is 1. The number of halogens is 4.